The number of halogens is 1. The number of rotatable bonds is 6. The first-order chi connectivity index (χ1) is 13.9. The van der Waals surface area contributed by atoms with Gasteiger partial charge >= 0.3 is 0 Å². The molecule has 1 aliphatic rings. The predicted molar refractivity (Wildman–Crippen MR) is 111 cm³/mol. The monoisotopic (exact) mass is 431 g/mol. The second-order valence-electron chi connectivity index (χ2n) is 7.02. The van der Waals surface area contributed by atoms with Crippen molar-refractivity contribution in [3.63, 3.8) is 0 Å². The van der Waals surface area contributed by atoms with Crippen LogP contribution >= 0.6 is 11.6 Å². The highest BCUT2D eigenvalue weighted by molar-refractivity contribution is 7.89. The van der Waals surface area contributed by atoms with Crippen LogP contribution in [0, 0.1) is 0 Å². The van der Waals surface area contributed by atoms with Gasteiger partial charge in [-0.1, -0.05) is 41.9 Å². The normalized spacial score (nSPS) is 14.7. The Morgan fingerprint density at radius 2 is 1.79 bits per heavy atom. The zero-order valence-corrected chi connectivity index (χ0v) is 17.7. The van der Waals surface area contributed by atoms with Gasteiger partial charge in [-0.2, -0.15) is 9.40 Å². The number of aryl methyl sites for hydroxylation is 1. The van der Waals surface area contributed by atoms with Crippen molar-refractivity contribution in [1.82, 2.24) is 14.1 Å². The standard InChI is InChI=1S/C21H22ClN3O3S/c1-24-21-11-12-25(29(26,27)18-9-7-17(22)8-10-18)13-19(21)20(23-24)15-28-14-16-5-3-2-4-6-16/h2-10H,11-15H2,1H3. The first-order valence-electron chi connectivity index (χ1n) is 9.36. The maximum Gasteiger partial charge on any atom is 0.243 e. The Hall–Kier alpha value is -2.19. The van der Waals surface area contributed by atoms with Crippen LogP contribution in [0.3, 0.4) is 0 Å². The average Bonchev–Trinajstić information content (AvgIpc) is 3.04. The molecule has 1 aliphatic heterocycles. The van der Waals surface area contributed by atoms with Gasteiger partial charge in [0.15, 0.2) is 0 Å². The minimum atomic E-state index is -3.60. The summed E-state index contributed by atoms with van der Waals surface area (Å²) in [6, 6.07) is 16.2. The Morgan fingerprint density at radius 3 is 2.52 bits per heavy atom. The summed E-state index contributed by atoms with van der Waals surface area (Å²) in [4.78, 5) is 0.246. The smallest absolute Gasteiger partial charge is 0.243 e. The summed E-state index contributed by atoms with van der Waals surface area (Å²) in [5.74, 6) is 0. The molecule has 0 amide bonds. The molecule has 2 aromatic carbocycles. The van der Waals surface area contributed by atoms with E-state index in [1.807, 2.05) is 42.1 Å². The van der Waals surface area contributed by atoms with Crippen LogP contribution in [0.4, 0.5) is 0 Å². The van der Waals surface area contributed by atoms with Gasteiger partial charge in [0, 0.05) is 42.8 Å². The summed E-state index contributed by atoms with van der Waals surface area (Å²) >= 11 is 5.90. The molecule has 2 heterocycles. The van der Waals surface area contributed by atoms with Gasteiger partial charge in [0.05, 0.1) is 23.8 Å². The molecular weight excluding hydrogens is 410 g/mol. The molecule has 3 aromatic rings. The Bertz CT molecular complexity index is 1100. The van der Waals surface area contributed by atoms with E-state index < -0.39 is 10.0 Å². The van der Waals surface area contributed by atoms with Crippen LogP contribution in [-0.4, -0.2) is 29.0 Å². The van der Waals surface area contributed by atoms with Crippen molar-refractivity contribution in [2.75, 3.05) is 6.54 Å². The lowest BCUT2D eigenvalue weighted by Crippen LogP contribution is -2.36. The molecule has 0 N–H and O–H groups in total. The van der Waals surface area contributed by atoms with Crippen LogP contribution in [0.1, 0.15) is 22.5 Å². The number of aromatic nitrogens is 2. The maximum absolute atomic E-state index is 13.0. The summed E-state index contributed by atoms with van der Waals surface area (Å²) in [6.07, 6.45) is 0.615. The maximum atomic E-state index is 13.0. The minimum Gasteiger partial charge on any atom is -0.370 e. The zero-order chi connectivity index (χ0) is 20.4. The first kappa shape index (κ1) is 20.1. The minimum absolute atomic E-state index is 0.246. The van der Waals surface area contributed by atoms with Crippen LogP contribution in [0.2, 0.25) is 5.02 Å². The lowest BCUT2D eigenvalue weighted by atomic mass is 10.1. The Morgan fingerprint density at radius 1 is 1.07 bits per heavy atom. The van der Waals surface area contributed by atoms with Crippen molar-refractivity contribution in [3.8, 4) is 0 Å². The van der Waals surface area contributed by atoms with E-state index in [-0.39, 0.29) is 11.4 Å². The third-order valence-electron chi connectivity index (χ3n) is 5.09. The Kier molecular flexibility index (Phi) is 5.74. The van der Waals surface area contributed by atoms with Gasteiger partial charge in [-0.3, -0.25) is 4.68 Å². The van der Waals surface area contributed by atoms with Crippen LogP contribution in [-0.2, 0) is 48.0 Å². The zero-order valence-electron chi connectivity index (χ0n) is 16.1. The number of hydrogen-bond acceptors (Lipinski definition) is 4. The third-order valence-corrected chi connectivity index (χ3v) is 7.20. The van der Waals surface area contributed by atoms with E-state index in [9.17, 15) is 8.42 Å². The highest BCUT2D eigenvalue weighted by Gasteiger charge is 2.31. The molecule has 0 bridgehead atoms. The van der Waals surface area contributed by atoms with Gasteiger partial charge in [0.1, 0.15) is 0 Å². The van der Waals surface area contributed by atoms with Gasteiger partial charge in [0.25, 0.3) is 0 Å². The molecule has 6 nitrogen and oxygen atoms in total. The van der Waals surface area contributed by atoms with Crippen LogP contribution < -0.4 is 0 Å². The van der Waals surface area contributed by atoms with E-state index >= 15 is 0 Å². The van der Waals surface area contributed by atoms with E-state index in [0.29, 0.717) is 31.2 Å². The quantitative estimate of drug-likeness (QED) is 0.598. The fourth-order valence-corrected chi connectivity index (χ4v) is 5.10. The summed E-state index contributed by atoms with van der Waals surface area (Å²) in [5.41, 5.74) is 3.87. The average molecular weight is 432 g/mol. The SMILES string of the molecule is Cn1nc(COCc2ccccc2)c2c1CCN(S(=O)(=O)c1ccc(Cl)cc1)C2. The molecule has 0 unspecified atom stereocenters. The fourth-order valence-electron chi connectivity index (χ4n) is 3.56. The number of fused-ring (bicyclic) bond motifs is 1. The van der Waals surface area contributed by atoms with Crippen molar-refractivity contribution in [3.05, 3.63) is 82.1 Å². The molecule has 29 heavy (non-hydrogen) atoms. The van der Waals surface area contributed by atoms with E-state index in [4.69, 9.17) is 16.3 Å². The summed E-state index contributed by atoms with van der Waals surface area (Å²) in [7, 11) is -1.70. The van der Waals surface area contributed by atoms with E-state index in [1.54, 1.807) is 24.3 Å². The third kappa shape index (κ3) is 4.23. The molecule has 4 rings (SSSR count). The number of benzene rings is 2. The molecular formula is C21H22ClN3O3S. The fraction of sp³-hybridized carbons (Fsp3) is 0.286. The number of nitrogens with zero attached hydrogens (tertiary/aromatic N) is 3. The molecule has 0 fully saturated rings. The summed E-state index contributed by atoms with van der Waals surface area (Å²) in [5, 5.41) is 5.09. The van der Waals surface area contributed by atoms with Crippen molar-refractivity contribution >= 4 is 21.6 Å². The number of ether oxygens (including phenoxy) is 1. The van der Waals surface area contributed by atoms with Gasteiger partial charge in [0.2, 0.25) is 10.0 Å². The van der Waals surface area contributed by atoms with Crippen molar-refractivity contribution in [1.29, 1.82) is 0 Å². The lowest BCUT2D eigenvalue weighted by molar-refractivity contribution is 0.103. The van der Waals surface area contributed by atoms with Crippen molar-refractivity contribution < 1.29 is 13.2 Å². The van der Waals surface area contributed by atoms with Crippen LogP contribution in [0.15, 0.2) is 59.5 Å². The topological polar surface area (TPSA) is 64.4 Å². The second kappa shape index (κ2) is 8.28. The first-order valence-corrected chi connectivity index (χ1v) is 11.2. The molecule has 0 atom stereocenters. The number of sulfonamides is 1. The van der Waals surface area contributed by atoms with E-state index in [1.165, 1.54) is 4.31 Å². The molecule has 0 aliphatic carbocycles. The van der Waals surface area contributed by atoms with Gasteiger partial charge in [-0.25, -0.2) is 8.42 Å². The van der Waals surface area contributed by atoms with E-state index in [0.717, 1.165) is 22.5 Å². The molecule has 1 aromatic heterocycles. The second-order valence-corrected chi connectivity index (χ2v) is 9.39. The Balaban J connectivity index is 1.51. The lowest BCUT2D eigenvalue weighted by Gasteiger charge is -2.27. The highest BCUT2D eigenvalue weighted by atomic mass is 35.5. The molecule has 0 radical (unpaired) electrons. The predicted octanol–water partition coefficient (Wildman–Crippen LogP) is 3.54. The largest absolute Gasteiger partial charge is 0.370 e. The van der Waals surface area contributed by atoms with Gasteiger partial charge in [-0.05, 0) is 29.8 Å². The summed E-state index contributed by atoms with van der Waals surface area (Å²) in [6.45, 7) is 1.53. The molecule has 8 heteroatoms. The highest BCUT2D eigenvalue weighted by Crippen LogP contribution is 2.28. The molecule has 0 saturated carbocycles. The van der Waals surface area contributed by atoms with Crippen LogP contribution in [0.25, 0.3) is 0 Å². The Labute approximate surface area is 175 Å². The van der Waals surface area contributed by atoms with Gasteiger partial charge in [-0.15, -0.1) is 0 Å². The van der Waals surface area contributed by atoms with Crippen molar-refractivity contribution in [2.45, 2.75) is 31.1 Å². The molecule has 0 spiro atoms. The molecule has 152 valence electrons. The summed E-state index contributed by atoms with van der Waals surface area (Å²) < 4.78 is 35.3. The van der Waals surface area contributed by atoms with E-state index in [2.05, 4.69) is 5.10 Å². The van der Waals surface area contributed by atoms with Gasteiger partial charge < -0.3 is 4.74 Å². The molecule has 0 saturated heterocycles. The number of hydrogen-bond donors (Lipinski definition) is 0. The van der Waals surface area contributed by atoms with Crippen molar-refractivity contribution in [2.24, 2.45) is 7.05 Å². The van der Waals surface area contributed by atoms with Crippen LogP contribution in [0.5, 0.6) is 0 Å².